The number of carbonyl (C=O) groups excluding carboxylic acids is 4. The van der Waals surface area contributed by atoms with Gasteiger partial charge in [-0.1, -0.05) is 29.8 Å². The molecule has 9 heteroatoms. The van der Waals surface area contributed by atoms with Crippen LogP contribution in [-0.2, 0) is 19.2 Å². The molecule has 3 aliphatic carbocycles. The summed E-state index contributed by atoms with van der Waals surface area (Å²) in [5, 5.41) is 20.7. The molecule has 0 saturated carbocycles. The summed E-state index contributed by atoms with van der Waals surface area (Å²) in [6, 6.07) is 10.7. The zero-order valence-electron chi connectivity index (χ0n) is 22.4. The normalized spacial score (nSPS) is 25.4. The Kier molecular flexibility index (Phi) is 6.25. The van der Waals surface area contributed by atoms with Crippen molar-refractivity contribution in [2.75, 3.05) is 11.5 Å². The molecule has 2 aromatic rings. The van der Waals surface area contributed by atoms with Crippen molar-refractivity contribution in [3.8, 4) is 11.5 Å². The van der Waals surface area contributed by atoms with Gasteiger partial charge in [-0.2, -0.15) is 0 Å². The van der Waals surface area contributed by atoms with E-state index in [1.54, 1.807) is 32.0 Å². The molecule has 41 heavy (non-hydrogen) atoms. The Hall–Kier alpha value is -4.79. The number of para-hydroxylation sites is 1. The maximum absolute atomic E-state index is 14.0. The third kappa shape index (κ3) is 3.95. The van der Waals surface area contributed by atoms with E-state index in [1.165, 1.54) is 30.3 Å². The van der Waals surface area contributed by atoms with E-state index in [4.69, 9.17) is 4.74 Å². The fraction of sp³-hybridized carbons (Fsp3) is 0.281. The van der Waals surface area contributed by atoms with E-state index in [9.17, 15) is 34.2 Å². The van der Waals surface area contributed by atoms with Gasteiger partial charge in [0, 0.05) is 28.2 Å². The van der Waals surface area contributed by atoms with Gasteiger partial charge < -0.3 is 14.9 Å². The number of ketones is 2. The molecule has 6 rings (SSSR count). The van der Waals surface area contributed by atoms with Crippen LogP contribution in [0.5, 0.6) is 11.5 Å². The molecular weight excluding hydrogens is 526 g/mol. The highest BCUT2D eigenvalue weighted by atomic mass is 16.5. The standard InChI is InChI=1S/C32H27NO8/c1-3-41-24-9-5-8-19(29(24)36)25-18-10-11-20-26(21(18)14-22-27(25)23(34)12-15(2)28(22)35)31(38)33(30(20)37)17-7-4-6-16(13-17)32(39)40/h4-10,12-13,20-21,25-26,36H,3,11,14H2,1-2H3,(H,39,40)/t20-,21+,25+,26-/m0/s1. The van der Waals surface area contributed by atoms with Crippen LogP contribution in [0.25, 0.3) is 0 Å². The molecule has 1 aliphatic heterocycles. The largest absolute Gasteiger partial charge is 0.504 e. The van der Waals surface area contributed by atoms with Gasteiger partial charge in [0.15, 0.2) is 23.1 Å². The number of nitrogens with zero attached hydrogens (tertiary/aromatic N) is 1. The first kappa shape index (κ1) is 26.4. The van der Waals surface area contributed by atoms with E-state index in [2.05, 4.69) is 0 Å². The van der Waals surface area contributed by atoms with Gasteiger partial charge in [-0.25, -0.2) is 4.79 Å². The van der Waals surface area contributed by atoms with E-state index in [1.807, 2.05) is 6.08 Å². The van der Waals surface area contributed by atoms with Gasteiger partial charge in [0.2, 0.25) is 11.8 Å². The number of phenols is 1. The van der Waals surface area contributed by atoms with Gasteiger partial charge in [0.05, 0.1) is 29.7 Å². The lowest BCUT2D eigenvalue weighted by Crippen LogP contribution is -2.39. The topological polar surface area (TPSA) is 138 Å². The van der Waals surface area contributed by atoms with Crippen LogP contribution in [0.15, 0.2) is 76.9 Å². The molecule has 0 aromatic heterocycles. The summed E-state index contributed by atoms with van der Waals surface area (Å²) in [6.45, 7) is 3.66. The summed E-state index contributed by atoms with van der Waals surface area (Å²) in [7, 11) is 0. The van der Waals surface area contributed by atoms with Crippen molar-refractivity contribution < 1.29 is 38.9 Å². The van der Waals surface area contributed by atoms with Crippen molar-refractivity contribution in [1.82, 2.24) is 0 Å². The molecule has 4 aliphatic rings. The molecule has 9 nitrogen and oxygen atoms in total. The van der Waals surface area contributed by atoms with Gasteiger partial charge in [-0.3, -0.25) is 24.1 Å². The Balaban J connectivity index is 1.49. The number of carboxylic acids is 1. The predicted octanol–water partition coefficient (Wildman–Crippen LogP) is 4.12. The number of carbonyl (C=O) groups is 5. The number of amides is 2. The predicted molar refractivity (Wildman–Crippen MR) is 146 cm³/mol. The van der Waals surface area contributed by atoms with E-state index >= 15 is 0 Å². The van der Waals surface area contributed by atoms with Gasteiger partial charge >= 0.3 is 5.97 Å². The number of hydrogen-bond donors (Lipinski definition) is 2. The number of ether oxygens (including phenoxy) is 1. The number of Topliss-reactive ketones (excluding diaryl/α,β-unsaturated/α-hetero) is 1. The highest BCUT2D eigenvalue weighted by molar-refractivity contribution is 6.25. The van der Waals surface area contributed by atoms with Crippen molar-refractivity contribution in [2.24, 2.45) is 17.8 Å². The van der Waals surface area contributed by atoms with Crippen LogP contribution in [0.4, 0.5) is 5.69 Å². The first-order valence-corrected chi connectivity index (χ1v) is 13.5. The fourth-order valence-corrected chi connectivity index (χ4v) is 6.81. The highest BCUT2D eigenvalue weighted by Gasteiger charge is 2.57. The molecule has 4 atom stereocenters. The van der Waals surface area contributed by atoms with Gasteiger partial charge in [0.1, 0.15) is 0 Å². The summed E-state index contributed by atoms with van der Waals surface area (Å²) < 4.78 is 5.60. The minimum atomic E-state index is -1.18. The number of allylic oxidation sites excluding steroid dienone is 6. The zero-order valence-corrected chi connectivity index (χ0v) is 22.4. The number of benzene rings is 2. The molecule has 0 spiro atoms. The SMILES string of the molecule is CCOc1cccc([C@H]2C3=CC[C@@H]4C(=O)N(c5cccc(C(=O)O)c5)C(=O)[C@@H]4[C@@H]3CC3=C2C(=O)C=C(C)C3=O)c1O. The molecule has 1 fully saturated rings. The van der Waals surface area contributed by atoms with Crippen molar-refractivity contribution in [2.45, 2.75) is 32.6 Å². The smallest absolute Gasteiger partial charge is 0.335 e. The second kappa shape index (κ2) is 9.69. The molecule has 0 radical (unpaired) electrons. The molecule has 0 unspecified atom stereocenters. The summed E-state index contributed by atoms with van der Waals surface area (Å²) >= 11 is 0. The molecule has 1 heterocycles. The Bertz CT molecular complexity index is 1660. The number of aromatic hydroxyl groups is 1. The second-order valence-corrected chi connectivity index (χ2v) is 10.7. The van der Waals surface area contributed by atoms with Crippen molar-refractivity contribution >= 4 is 35.0 Å². The van der Waals surface area contributed by atoms with Gasteiger partial charge in [0.25, 0.3) is 0 Å². The number of aromatic carboxylic acids is 1. The third-order valence-corrected chi connectivity index (χ3v) is 8.55. The van der Waals surface area contributed by atoms with E-state index in [-0.39, 0.29) is 58.3 Å². The summed E-state index contributed by atoms with van der Waals surface area (Å²) in [4.78, 5) is 67.1. The lowest BCUT2D eigenvalue weighted by atomic mass is 9.59. The average Bonchev–Trinajstić information content (AvgIpc) is 3.21. The van der Waals surface area contributed by atoms with Gasteiger partial charge in [-0.05, 0) is 62.9 Å². The Morgan fingerprint density at radius 2 is 1.80 bits per heavy atom. The van der Waals surface area contributed by atoms with Crippen LogP contribution in [-0.4, -0.2) is 46.2 Å². The molecule has 0 bridgehead atoms. The van der Waals surface area contributed by atoms with Crippen LogP contribution in [0.2, 0.25) is 0 Å². The first-order chi connectivity index (χ1) is 19.6. The van der Waals surface area contributed by atoms with Crippen LogP contribution in [0, 0.1) is 17.8 Å². The van der Waals surface area contributed by atoms with E-state index < -0.39 is 41.5 Å². The van der Waals surface area contributed by atoms with Crippen molar-refractivity contribution in [3.63, 3.8) is 0 Å². The molecule has 2 N–H and O–H groups in total. The summed E-state index contributed by atoms with van der Waals surface area (Å²) in [5.74, 6) is -5.55. The minimum absolute atomic E-state index is 0.0532. The monoisotopic (exact) mass is 553 g/mol. The molecule has 2 aromatic carbocycles. The van der Waals surface area contributed by atoms with Crippen LogP contribution in [0.1, 0.15) is 48.5 Å². The second-order valence-electron chi connectivity index (χ2n) is 10.7. The molecule has 208 valence electrons. The Labute approximate surface area is 235 Å². The molecule has 2 amide bonds. The first-order valence-electron chi connectivity index (χ1n) is 13.5. The molecule has 1 saturated heterocycles. The van der Waals surface area contributed by atoms with Crippen molar-refractivity contribution in [3.05, 3.63) is 88.0 Å². The Morgan fingerprint density at radius 1 is 1.05 bits per heavy atom. The highest BCUT2D eigenvalue weighted by Crippen LogP contribution is 2.57. The number of hydrogen-bond acceptors (Lipinski definition) is 7. The zero-order chi connectivity index (χ0) is 29.2. The van der Waals surface area contributed by atoms with Crippen molar-refractivity contribution in [1.29, 1.82) is 0 Å². The average molecular weight is 554 g/mol. The maximum Gasteiger partial charge on any atom is 0.335 e. The minimum Gasteiger partial charge on any atom is -0.504 e. The summed E-state index contributed by atoms with van der Waals surface area (Å²) in [6.07, 6.45) is 3.49. The lowest BCUT2D eigenvalue weighted by molar-refractivity contribution is -0.123. The van der Waals surface area contributed by atoms with Crippen LogP contribution >= 0.6 is 0 Å². The third-order valence-electron chi connectivity index (χ3n) is 8.55. The number of phenolic OH excluding ortho intramolecular Hbond substituents is 1. The fourth-order valence-electron chi connectivity index (χ4n) is 6.81. The number of fused-ring (bicyclic) bond motifs is 3. The molecular formula is C32H27NO8. The Morgan fingerprint density at radius 3 is 2.54 bits per heavy atom. The number of anilines is 1. The number of imide groups is 1. The number of carboxylic acid groups (broad SMARTS) is 1. The van der Waals surface area contributed by atoms with Crippen LogP contribution in [0.3, 0.4) is 0 Å². The summed E-state index contributed by atoms with van der Waals surface area (Å²) in [5.41, 5.74) is 2.06. The van der Waals surface area contributed by atoms with E-state index in [0.717, 1.165) is 4.90 Å². The maximum atomic E-state index is 14.0. The quantitative estimate of drug-likeness (QED) is 0.320. The van der Waals surface area contributed by atoms with E-state index in [0.29, 0.717) is 23.3 Å². The lowest BCUT2D eigenvalue weighted by Gasteiger charge is -2.42. The number of rotatable bonds is 5. The van der Waals surface area contributed by atoms with Gasteiger partial charge in [-0.15, -0.1) is 0 Å². The van der Waals surface area contributed by atoms with Crippen LogP contribution < -0.4 is 9.64 Å².